The first-order chi connectivity index (χ1) is 16.8. The molecule has 0 aromatic carbocycles. The number of amides is 2. The Balaban J connectivity index is 2.51. The number of nitrogens with one attached hydrogen (secondary N) is 2. The molecule has 1 aliphatic rings. The van der Waals surface area contributed by atoms with Crippen LogP contribution in [-0.2, 0) is 23.9 Å². The first kappa shape index (κ1) is 31.1. The van der Waals surface area contributed by atoms with Crippen molar-refractivity contribution in [3.05, 3.63) is 0 Å². The van der Waals surface area contributed by atoms with E-state index >= 15 is 0 Å². The van der Waals surface area contributed by atoms with Gasteiger partial charge in [0, 0.05) is 47.2 Å². The molecule has 4 unspecified atom stereocenters. The topological polar surface area (TPSA) is 102 Å². The number of thioether (sulfide) groups is 2. The van der Waals surface area contributed by atoms with Crippen molar-refractivity contribution in [1.82, 2.24) is 10.6 Å². The molecule has 2 N–H and O–H groups in total. The lowest BCUT2D eigenvalue weighted by Crippen LogP contribution is -2.38. The van der Waals surface area contributed by atoms with Crippen LogP contribution in [-0.4, -0.2) is 71.7 Å². The molecule has 0 saturated heterocycles. The highest BCUT2D eigenvalue weighted by atomic mass is 32.2. The summed E-state index contributed by atoms with van der Waals surface area (Å²) in [5, 5.41) is 6.28. The van der Waals surface area contributed by atoms with E-state index in [0.717, 1.165) is 25.0 Å². The van der Waals surface area contributed by atoms with Gasteiger partial charge < -0.3 is 15.4 Å². The maximum Gasteiger partial charge on any atom is 0.225 e. The van der Waals surface area contributed by atoms with Crippen LogP contribution in [0.1, 0.15) is 52.4 Å². The Morgan fingerprint density at radius 2 is 1.43 bits per heavy atom. The van der Waals surface area contributed by atoms with Crippen LogP contribution >= 0.6 is 23.5 Å². The molecule has 4 atom stereocenters. The van der Waals surface area contributed by atoms with Crippen molar-refractivity contribution in [2.45, 2.75) is 62.9 Å². The molecule has 35 heavy (non-hydrogen) atoms. The van der Waals surface area contributed by atoms with Gasteiger partial charge in [-0.2, -0.15) is 23.5 Å². The summed E-state index contributed by atoms with van der Waals surface area (Å²) in [6.45, 7) is 4.41. The van der Waals surface area contributed by atoms with Crippen molar-refractivity contribution in [2.75, 3.05) is 37.8 Å². The molecule has 0 spiro atoms. The Kier molecular flexibility index (Phi) is 16.3. The van der Waals surface area contributed by atoms with Crippen LogP contribution in [0.3, 0.4) is 0 Å². The molecule has 0 aromatic heterocycles. The predicted octanol–water partition coefficient (Wildman–Crippen LogP) is 2.47. The van der Waals surface area contributed by atoms with E-state index in [1.165, 1.54) is 6.92 Å². The van der Waals surface area contributed by atoms with Gasteiger partial charge in [-0.3, -0.25) is 19.2 Å². The summed E-state index contributed by atoms with van der Waals surface area (Å²) in [5.41, 5.74) is 0. The number of carbonyl (C=O) groups is 4. The minimum atomic E-state index is -0.456. The molecule has 1 fully saturated rings. The summed E-state index contributed by atoms with van der Waals surface area (Å²) < 4.78 is 5.34. The first-order valence-electron chi connectivity index (χ1n) is 12.1. The Morgan fingerprint density at radius 1 is 0.914 bits per heavy atom. The SMILES string of the molecule is C#CCNC(=O)C(CC)CSC1CCC1SCC(CC(=O)CCOCCC(C)=O)C(=O)NCC#C. The molecule has 0 aromatic rings. The van der Waals surface area contributed by atoms with Crippen molar-refractivity contribution >= 4 is 46.9 Å². The largest absolute Gasteiger partial charge is 0.381 e. The number of rotatable bonds is 19. The van der Waals surface area contributed by atoms with Crippen LogP contribution in [0.15, 0.2) is 0 Å². The average Bonchev–Trinajstić information content (AvgIpc) is 2.81. The van der Waals surface area contributed by atoms with E-state index in [4.69, 9.17) is 17.6 Å². The summed E-state index contributed by atoms with van der Waals surface area (Å²) in [5.74, 6) is 5.36. The predicted molar refractivity (Wildman–Crippen MR) is 143 cm³/mol. The summed E-state index contributed by atoms with van der Waals surface area (Å²) in [7, 11) is 0. The van der Waals surface area contributed by atoms with Gasteiger partial charge in [-0.15, -0.1) is 12.8 Å². The monoisotopic (exact) mass is 522 g/mol. The molecule has 0 radical (unpaired) electrons. The Morgan fingerprint density at radius 3 is 1.91 bits per heavy atom. The summed E-state index contributed by atoms with van der Waals surface area (Å²) in [6.07, 6.45) is 14.1. The zero-order valence-corrected chi connectivity index (χ0v) is 22.4. The molecule has 194 valence electrons. The highest BCUT2D eigenvalue weighted by molar-refractivity contribution is 8.04. The number of hydrogen-bond acceptors (Lipinski definition) is 7. The molecular weight excluding hydrogens is 484 g/mol. The highest BCUT2D eigenvalue weighted by Crippen LogP contribution is 2.41. The number of terminal acetylenes is 2. The number of Topliss-reactive ketones (excluding diaryl/α,β-unsaturated/α-hetero) is 2. The Labute approximate surface area is 218 Å². The van der Waals surface area contributed by atoms with E-state index in [0.29, 0.717) is 29.3 Å². The van der Waals surface area contributed by atoms with Gasteiger partial charge in [-0.1, -0.05) is 18.8 Å². The second-order valence-electron chi connectivity index (χ2n) is 8.52. The Bertz CT molecular complexity index is 790. The fourth-order valence-electron chi connectivity index (χ4n) is 3.35. The van der Waals surface area contributed by atoms with E-state index in [9.17, 15) is 19.2 Å². The number of hydrogen-bond donors (Lipinski definition) is 2. The number of ether oxygens (including phenoxy) is 1. The first-order valence-corrected chi connectivity index (χ1v) is 14.2. The summed E-state index contributed by atoms with van der Waals surface area (Å²) >= 11 is 3.52. The van der Waals surface area contributed by atoms with Gasteiger partial charge in [0.25, 0.3) is 0 Å². The van der Waals surface area contributed by atoms with Gasteiger partial charge in [0.05, 0.1) is 32.2 Å². The standard InChI is InChI=1S/C26H38N2O5S2/c1-5-12-27-25(31)20(7-3)17-34-23-8-9-24(23)35-18-21(26(32)28-13-6-2)16-22(30)11-15-33-14-10-19(4)29/h1-2,20-21,23-24H,7-18H2,3-4H3,(H,27,31)(H,28,32). The number of carbonyl (C=O) groups excluding carboxylic acids is 4. The molecule has 0 bridgehead atoms. The van der Waals surface area contributed by atoms with Crippen LogP contribution in [0.25, 0.3) is 0 Å². The fraction of sp³-hybridized carbons (Fsp3) is 0.692. The highest BCUT2D eigenvalue weighted by Gasteiger charge is 2.34. The third-order valence-electron chi connectivity index (χ3n) is 5.73. The van der Waals surface area contributed by atoms with Crippen molar-refractivity contribution in [1.29, 1.82) is 0 Å². The lowest BCUT2D eigenvalue weighted by Gasteiger charge is -2.37. The van der Waals surface area contributed by atoms with Gasteiger partial charge in [0.2, 0.25) is 11.8 Å². The summed E-state index contributed by atoms with van der Waals surface area (Å²) in [6, 6.07) is 0. The molecule has 1 aliphatic carbocycles. The van der Waals surface area contributed by atoms with Gasteiger partial charge >= 0.3 is 0 Å². The molecule has 1 rings (SSSR count). The van der Waals surface area contributed by atoms with Gasteiger partial charge in [0.1, 0.15) is 11.6 Å². The molecule has 1 saturated carbocycles. The molecule has 7 nitrogen and oxygen atoms in total. The van der Waals surface area contributed by atoms with Crippen molar-refractivity contribution in [2.24, 2.45) is 11.8 Å². The van der Waals surface area contributed by atoms with Crippen LogP contribution in [0.2, 0.25) is 0 Å². The fourth-order valence-corrected chi connectivity index (χ4v) is 6.75. The molecule has 0 heterocycles. The maximum absolute atomic E-state index is 12.6. The van der Waals surface area contributed by atoms with Gasteiger partial charge in [-0.25, -0.2) is 0 Å². The van der Waals surface area contributed by atoms with Crippen molar-refractivity contribution in [3.63, 3.8) is 0 Å². The average molecular weight is 523 g/mol. The van der Waals surface area contributed by atoms with E-state index in [2.05, 4.69) is 22.5 Å². The van der Waals surface area contributed by atoms with E-state index in [1.807, 2.05) is 6.92 Å². The van der Waals surface area contributed by atoms with Crippen LogP contribution in [0, 0.1) is 36.5 Å². The van der Waals surface area contributed by atoms with Gasteiger partial charge in [0.15, 0.2) is 0 Å². The van der Waals surface area contributed by atoms with Crippen molar-refractivity contribution in [3.8, 4) is 24.7 Å². The smallest absolute Gasteiger partial charge is 0.225 e. The molecule has 9 heteroatoms. The van der Waals surface area contributed by atoms with Crippen LogP contribution in [0.4, 0.5) is 0 Å². The maximum atomic E-state index is 12.6. The Hall–Kier alpha value is -1.94. The van der Waals surface area contributed by atoms with Crippen LogP contribution in [0.5, 0.6) is 0 Å². The third kappa shape index (κ3) is 13.1. The summed E-state index contributed by atoms with van der Waals surface area (Å²) in [4.78, 5) is 48.2. The van der Waals surface area contributed by atoms with Gasteiger partial charge in [-0.05, 0) is 26.2 Å². The van der Waals surface area contributed by atoms with E-state index < -0.39 is 5.92 Å². The van der Waals surface area contributed by atoms with Crippen molar-refractivity contribution < 1.29 is 23.9 Å². The zero-order chi connectivity index (χ0) is 26.1. The van der Waals surface area contributed by atoms with E-state index in [-0.39, 0.29) is 61.8 Å². The third-order valence-corrected chi connectivity index (χ3v) is 9.08. The second-order valence-corrected chi connectivity index (χ2v) is 11.1. The van der Waals surface area contributed by atoms with E-state index in [1.54, 1.807) is 23.5 Å². The number of ketones is 2. The minimum absolute atomic E-state index is 0.00416. The lowest BCUT2D eigenvalue weighted by atomic mass is 9.99. The normalized spacial score (nSPS) is 18.3. The zero-order valence-electron chi connectivity index (χ0n) is 20.8. The molecule has 0 aliphatic heterocycles. The van der Waals surface area contributed by atoms with Crippen LogP contribution < -0.4 is 10.6 Å². The second kappa shape index (κ2) is 18.3. The quantitative estimate of drug-likeness (QED) is 0.199. The molecular formula is C26H38N2O5S2. The lowest BCUT2D eigenvalue weighted by molar-refractivity contribution is -0.129. The minimum Gasteiger partial charge on any atom is -0.381 e. The molecule has 2 amide bonds.